The summed E-state index contributed by atoms with van der Waals surface area (Å²) in [6.07, 6.45) is -0.645. The molecule has 1 aromatic heterocycles. The highest BCUT2D eigenvalue weighted by Gasteiger charge is 2.35. The summed E-state index contributed by atoms with van der Waals surface area (Å²) in [5.41, 5.74) is 1.17. The molecule has 0 bridgehead atoms. The molecule has 2 rings (SSSR count). The van der Waals surface area contributed by atoms with E-state index in [1.165, 1.54) is 6.07 Å². The zero-order valence-corrected chi connectivity index (χ0v) is 16.4. The largest absolute Gasteiger partial charge is 0.493 e. The topological polar surface area (TPSA) is 41.2 Å². The van der Waals surface area contributed by atoms with Gasteiger partial charge in [0.15, 0.2) is 0 Å². The van der Waals surface area contributed by atoms with Crippen LogP contribution < -0.4 is 4.74 Å². The fourth-order valence-electron chi connectivity index (χ4n) is 2.77. The smallest absolute Gasteiger partial charge is 0.419 e. The highest BCUT2D eigenvalue weighted by molar-refractivity contribution is 5.65. The molecule has 1 N–H and O–H groups in total. The van der Waals surface area contributed by atoms with E-state index in [4.69, 9.17) is 4.74 Å². The molecule has 150 valence electrons. The van der Waals surface area contributed by atoms with Crippen LogP contribution in [0.2, 0.25) is 0 Å². The monoisotopic (exact) mass is 383 g/mol. The third-order valence-electron chi connectivity index (χ3n) is 4.20. The van der Waals surface area contributed by atoms with Crippen molar-refractivity contribution < 1.29 is 17.9 Å². The van der Waals surface area contributed by atoms with Crippen molar-refractivity contribution in [2.24, 2.45) is 5.92 Å². The predicted molar refractivity (Wildman–Crippen MR) is 101 cm³/mol. The van der Waals surface area contributed by atoms with Gasteiger partial charge in [-0.3, -0.25) is 5.10 Å². The number of nitrogens with one attached hydrogen (secondary N) is 1. The molecule has 0 spiro atoms. The number of benzene rings is 1. The summed E-state index contributed by atoms with van der Waals surface area (Å²) >= 11 is 0. The normalized spacial score (nSPS) is 12.2. The molecule has 0 aliphatic carbocycles. The van der Waals surface area contributed by atoms with Crippen LogP contribution in [-0.4, -0.2) is 35.3 Å². The summed E-state index contributed by atoms with van der Waals surface area (Å²) in [5.74, 6) is 0.00436. The summed E-state index contributed by atoms with van der Waals surface area (Å²) in [6.45, 7) is 7.70. The first-order chi connectivity index (χ1) is 12.7. The molecule has 0 fully saturated rings. The Morgan fingerprint density at radius 1 is 1.26 bits per heavy atom. The van der Waals surface area contributed by atoms with Gasteiger partial charge in [0.25, 0.3) is 0 Å². The Labute approximate surface area is 158 Å². The number of nitrogens with zero attached hydrogens (tertiary/aromatic N) is 2. The van der Waals surface area contributed by atoms with E-state index >= 15 is 0 Å². The first-order valence-corrected chi connectivity index (χ1v) is 9.27. The van der Waals surface area contributed by atoms with Crippen LogP contribution in [0.1, 0.15) is 44.7 Å². The molecule has 7 heteroatoms. The summed E-state index contributed by atoms with van der Waals surface area (Å²) in [5, 5.41) is 6.89. The van der Waals surface area contributed by atoms with Gasteiger partial charge in [-0.1, -0.05) is 27.2 Å². The Morgan fingerprint density at radius 3 is 2.63 bits per heavy atom. The fraction of sp³-hybridized carbons (Fsp3) is 0.550. The molecule has 2 aromatic rings. The number of hydrogen-bond acceptors (Lipinski definition) is 3. The molecule has 0 amide bonds. The second kappa shape index (κ2) is 9.26. The van der Waals surface area contributed by atoms with Crippen molar-refractivity contribution in [3.05, 3.63) is 35.5 Å². The average molecular weight is 383 g/mol. The van der Waals surface area contributed by atoms with Crippen molar-refractivity contribution in [3.63, 3.8) is 0 Å². The van der Waals surface area contributed by atoms with E-state index in [0.29, 0.717) is 17.8 Å². The first-order valence-electron chi connectivity index (χ1n) is 9.27. The van der Waals surface area contributed by atoms with E-state index in [1.54, 1.807) is 12.3 Å². The van der Waals surface area contributed by atoms with Crippen LogP contribution in [0.5, 0.6) is 5.75 Å². The number of H-pyrrole nitrogens is 1. The van der Waals surface area contributed by atoms with Crippen molar-refractivity contribution >= 4 is 0 Å². The van der Waals surface area contributed by atoms with Crippen LogP contribution in [0.15, 0.2) is 24.4 Å². The lowest BCUT2D eigenvalue weighted by Gasteiger charge is -2.18. The van der Waals surface area contributed by atoms with Gasteiger partial charge in [0.2, 0.25) is 0 Å². The molecule has 1 aromatic carbocycles. The molecule has 0 radical (unpaired) electrons. The van der Waals surface area contributed by atoms with Gasteiger partial charge in [-0.15, -0.1) is 0 Å². The Hall–Kier alpha value is -2.02. The lowest BCUT2D eigenvalue weighted by Crippen LogP contribution is -2.19. The minimum Gasteiger partial charge on any atom is -0.493 e. The third kappa shape index (κ3) is 5.99. The van der Waals surface area contributed by atoms with E-state index in [9.17, 15) is 13.2 Å². The second-order valence-electron chi connectivity index (χ2n) is 7.28. The number of ether oxygens (including phenoxy) is 1. The zero-order chi connectivity index (χ0) is 20.0. The molecular formula is C20H28F3N3O. The van der Waals surface area contributed by atoms with Crippen LogP contribution in [0.3, 0.4) is 0 Å². The van der Waals surface area contributed by atoms with Crippen LogP contribution in [-0.2, 0) is 12.7 Å². The van der Waals surface area contributed by atoms with Crippen LogP contribution in [0.25, 0.3) is 11.3 Å². The molecule has 0 unspecified atom stereocenters. The summed E-state index contributed by atoms with van der Waals surface area (Å²) in [7, 11) is 2.00. The number of unbranched alkanes of at least 4 members (excludes halogenated alkanes) is 1. The number of aromatic amines is 1. The van der Waals surface area contributed by atoms with Crippen molar-refractivity contribution in [1.82, 2.24) is 15.1 Å². The second-order valence-corrected chi connectivity index (χ2v) is 7.28. The minimum absolute atomic E-state index is 0.138. The number of halogens is 3. The van der Waals surface area contributed by atoms with E-state index in [0.717, 1.165) is 31.0 Å². The minimum atomic E-state index is -4.49. The Morgan fingerprint density at radius 2 is 2.00 bits per heavy atom. The lowest BCUT2D eigenvalue weighted by molar-refractivity contribution is -0.139. The Balaban J connectivity index is 2.30. The Kier molecular flexibility index (Phi) is 7.30. The van der Waals surface area contributed by atoms with Gasteiger partial charge in [-0.2, -0.15) is 18.3 Å². The summed E-state index contributed by atoms with van der Waals surface area (Å²) in [6, 6.07) is 4.18. The van der Waals surface area contributed by atoms with Crippen molar-refractivity contribution in [3.8, 4) is 17.0 Å². The molecule has 0 aliphatic rings. The summed E-state index contributed by atoms with van der Waals surface area (Å²) < 4.78 is 46.0. The van der Waals surface area contributed by atoms with Crippen molar-refractivity contribution in [2.45, 2.75) is 46.3 Å². The molecule has 4 nitrogen and oxygen atoms in total. The fourth-order valence-corrected chi connectivity index (χ4v) is 2.77. The quantitative estimate of drug-likeness (QED) is 0.634. The predicted octanol–water partition coefficient (Wildman–Crippen LogP) is 5.36. The average Bonchev–Trinajstić information content (AvgIpc) is 3.05. The van der Waals surface area contributed by atoms with Gasteiger partial charge in [-0.25, -0.2) is 0 Å². The number of alkyl halides is 3. The maximum Gasteiger partial charge on any atom is 0.419 e. The zero-order valence-electron chi connectivity index (χ0n) is 16.4. The maximum absolute atomic E-state index is 13.5. The number of aromatic nitrogens is 2. The molecule has 1 heterocycles. The highest BCUT2D eigenvalue weighted by Crippen LogP contribution is 2.39. The number of hydrogen-bond donors (Lipinski definition) is 1. The SMILES string of the molecule is CCCCN(C)Cc1cn[nH]c1-c1ccc(OCC(C)C)c(C(F)(F)F)c1. The van der Waals surface area contributed by atoms with Crippen molar-refractivity contribution in [1.29, 1.82) is 0 Å². The number of rotatable bonds is 9. The van der Waals surface area contributed by atoms with Gasteiger partial charge in [0.1, 0.15) is 5.75 Å². The first kappa shape index (κ1) is 21.3. The molecule has 0 atom stereocenters. The van der Waals surface area contributed by atoms with E-state index < -0.39 is 11.7 Å². The molecular weight excluding hydrogens is 355 g/mol. The molecule has 0 saturated carbocycles. The highest BCUT2D eigenvalue weighted by atomic mass is 19.4. The van der Waals surface area contributed by atoms with Gasteiger partial charge >= 0.3 is 6.18 Å². The van der Waals surface area contributed by atoms with Crippen molar-refractivity contribution in [2.75, 3.05) is 20.2 Å². The van der Waals surface area contributed by atoms with Crippen LogP contribution >= 0.6 is 0 Å². The van der Waals surface area contributed by atoms with E-state index in [2.05, 4.69) is 22.0 Å². The van der Waals surface area contributed by atoms with Gasteiger partial charge in [-0.05, 0) is 44.1 Å². The van der Waals surface area contributed by atoms with Crippen LogP contribution in [0, 0.1) is 5.92 Å². The maximum atomic E-state index is 13.5. The Bertz CT molecular complexity index is 726. The third-order valence-corrected chi connectivity index (χ3v) is 4.20. The standard InChI is InChI=1S/C20H28F3N3O/c1-5-6-9-26(4)12-16-11-24-25-19(16)15-7-8-18(27-13-14(2)3)17(10-15)20(21,22)23/h7-8,10-11,14H,5-6,9,12-13H2,1-4H3,(H,24,25). The lowest BCUT2D eigenvalue weighted by atomic mass is 10.0. The van der Waals surface area contributed by atoms with E-state index in [-0.39, 0.29) is 18.3 Å². The summed E-state index contributed by atoms with van der Waals surface area (Å²) in [4.78, 5) is 2.14. The molecule has 0 saturated heterocycles. The van der Waals surface area contributed by atoms with E-state index in [1.807, 2.05) is 20.9 Å². The van der Waals surface area contributed by atoms with Gasteiger partial charge < -0.3 is 9.64 Å². The van der Waals surface area contributed by atoms with Gasteiger partial charge in [0, 0.05) is 17.7 Å². The van der Waals surface area contributed by atoms with Crippen LogP contribution in [0.4, 0.5) is 13.2 Å². The molecule has 0 aliphatic heterocycles. The van der Waals surface area contributed by atoms with Gasteiger partial charge in [0.05, 0.1) is 24.1 Å². The molecule has 27 heavy (non-hydrogen) atoms.